The first-order chi connectivity index (χ1) is 7.63. The van der Waals surface area contributed by atoms with Crippen molar-refractivity contribution in [2.75, 3.05) is 0 Å². The standard InChI is InChI=1S/C12H19N3O/c1-8(2)5-11-14-10(6-12(16)15-11)7-13-9-3-4-9/h6,8-9,13H,3-5,7H2,1-2H3,(H,14,15,16). The van der Waals surface area contributed by atoms with Crippen molar-refractivity contribution in [2.24, 2.45) is 5.92 Å². The topological polar surface area (TPSA) is 57.8 Å². The molecule has 2 rings (SSSR count). The van der Waals surface area contributed by atoms with Gasteiger partial charge in [-0.1, -0.05) is 13.8 Å². The Morgan fingerprint density at radius 3 is 2.94 bits per heavy atom. The predicted molar refractivity (Wildman–Crippen MR) is 63.3 cm³/mol. The van der Waals surface area contributed by atoms with Gasteiger partial charge in [-0.15, -0.1) is 0 Å². The van der Waals surface area contributed by atoms with E-state index >= 15 is 0 Å². The van der Waals surface area contributed by atoms with E-state index in [9.17, 15) is 4.79 Å². The highest BCUT2D eigenvalue weighted by Crippen LogP contribution is 2.18. The molecule has 4 nitrogen and oxygen atoms in total. The van der Waals surface area contributed by atoms with E-state index in [0.29, 0.717) is 18.5 Å². The van der Waals surface area contributed by atoms with Crippen LogP contribution in [0.5, 0.6) is 0 Å². The van der Waals surface area contributed by atoms with E-state index < -0.39 is 0 Å². The summed E-state index contributed by atoms with van der Waals surface area (Å²) >= 11 is 0. The molecule has 0 radical (unpaired) electrons. The number of hydrogen-bond donors (Lipinski definition) is 2. The van der Waals surface area contributed by atoms with E-state index in [-0.39, 0.29) is 5.56 Å². The number of aromatic nitrogens is 2. The van der Waals surface area contributed by atoms with Crippen LogP contribution < -0.4 is 10.9 Å². The highest BCUT2D eigenvalue weighted by molar-refractivity contribution is 5.04. The minimum absolute atomic E-state index is 0.0433. The Kier molecular flexibility index (Phi) is 3.39. The van der Waals surface area contributed by atoms with E-state index in [4.69, 9.17) is 0 Å². The maximum Gasteiger partial charge on any atom is 0.251 e. The maximum absolute atomic E-state index is 11.4. The van der Waals surface area contributed by atoms with Gasteiger partial charge in [0.1, 0.15) is 5.82 Å². The van der Waals surface area contributed by atoms with Crippen LogP contribution >= 0.6 is 0 Å². The van der Waals surface area contributed by atoms with Gasteiger partial charge >= 0.3 is 0 Å². The number of rotatable bonds is 5. The summed E-state index contributed by atoms with van der Waals surface area (Å²) < 4.78 is 0. The number of nitrogens with zero attached hydrogens (tertiary/aromatic N) is 1. The summed E-state index contributed by atoms with van der Waals surface area (Å²) in [4.78, 5) is 18.7. The van der Waals surface area contributed by atoms with Crippen LogP contribution in [-0.2, 0) is 13.0 Å². The summed E-state index contributed by atoms with van der Waals surface area (Å²) in [6.07, 6.45) is 3.33. The summed E-state index contributed by atoms with van der Waals surface area (Å²) in [5, 5.41) is 3.37. The SMILES string of the molecule is CC(C)Cc1nc(CNC2CC2)cc(=O)[nH]1. The summed E-state index contributed by atoms with van der Waals surface area (Å²) in [7, 11) is 0. The second kappa shape index (κ2) is 4.78. The molecule has 1 aliphatic rings. The molecule has 0 saturated heterocycles. The number of nitrogens with one attached hydrogen (secondary N) is 2. The molecular weight excluding hydrogens is 202 g/mol. The van der Waals surface area contributed by atoms with Gasteiger partial charge in [0.25, 0.3) is 5.56 Å². The van der Waals surface area contributed by atoms with Crippen LogP contribution in [0.3, 0.4) is 0 Å². The molecule has 1 aromatic heterocycles. The molecule has 2 N–H and O–H groups in total. The molecule has 0 amide bonds. The molecule has 88 valence electrons. The predicted octanol–water partition coefficient (Wildman–Crippen LogP) is 1.22. The fourth-order valence-corrected chi connectivity index (χ4v) is 1.67. The van der Waals surface area contributed by atoms with E-state index in [1.165, 1.54) is 12.8 Å². The fraction of sp³-hybridized carbons (Fsp3) is 0.667. The van der Waals surface area contributed by atoms with Gasteiger partial charge in [-0.3, -0.25) is 4.79 Å². The summed E-state index contributed by atoms with van der Waals surface area (Å²) in [6.45, 7) is 4.95. The van der Waals surface area contributed by atoms with Gasteiger partial charge in [-0.05, 0) is 18.8 Å². The lowest BCUT2D eigenvalue weighted by molar-refractivity contribution is 0.607. The molecule has 0 aromatic carbocycles. The molecule has 0 spiro atoms. The third-order valence-corrected chi connectivity index (χ3v) is 2.59. The average Bonchev–Trinajstić information content (AvgIpc) is 2.95. The summed E-state index contributed by atoms with van der Waals surface area (Å²) in [6, 6.07) is 2.23. The molecule has 1 heterocycles. The molecule has 0 aliphatic heterocycles. The molecule has 1 saturated carbocycles. The van der Waals surface area contributed by atoms with Gasteiger partial charge < -0.3 is 10.3 Å². The molecular formula is C12H19N3O. The molecule has 16 heavy (non-hydrogen) atoms. The zero-order chi connectivity index (χ0) is 11.5. The Balaban J connectivity index is 2.04. The van der Waals surface area contributed by atoms with E-state index in [1.807, 2.05) is 0 Å². The monoisotopic (exact) mass is 221 g/mol. The zero-order valence-electron chi connectivity index (χ0n) is 9.92. The lowest BCUT2D eigenvalue weighted by Gasteiger charge is -2.06. The summed E-state index contributed by atoms with van der Waals surface area (Å²) in [5.41, 5.74) is 0.810. The smallest absolute Gasteiger partial charge is 0.251 e. The Bertz CT molecular complexity index is 407. The highest BCUT2D eigenvalue weighted by Gasteiger charge is 2.20. The quantitative estimate of drug-likeness (QED) is 0.786. The minimum atomic E-state index is -0.0433. The largest absolute Gasteiger partial charge is 0.311 e. The van der Waals surface area contributed by atoms with Crippen molar-refractivity contribution in [3.8, 4) is 0 Å². The summed E-state index contributed by atoms with van der Waals surface area (Å²) in [5.74, 6) is 1.31. The van der Waals surface area contributed by atoms with Gasteiger partial charge in [-0.2, -0.15) is 0 Å². The van der Waals surface area contributed by atoms with Crippen LogP contribution in [0.2, 0.25) is 0 Å². The van der Waals surface area contributed by atoms with Gasteiger partial charge in [0.15, 0.2) is 0 Å². The van der Waals surface area contributed by atoms with Crippen LogP contribution in [0.25, 0.3) is 0 Å². The molecule has 1 aromatic rings. The van der Waals surface area contributed by atoms with E-state index in [0.717, 1.165) is 17.9 Å². The molecule has 0 unspecified atom stereocenters. The molecule has 1 fully saturated rings. The van der Waals surface area contributed by atoms with Gasteiger partial charge in [-0.25, -0.2) is 4.98 Å². The molecule has 0 atom stereocenters. The van der Waals surface area contributed by atoms with Gasteiger partial charge in [0.2, 0.25) is 0 Å². The minimum Gasteiger partial charge on any atom is -0.311 e. The van der Waals surface area contributed by atoms with E-state index in [2.05, 4.69) is 29.1 Å². The van der Waals surface area contributed by atoms with Crippen LogP contribution in [0, 0.1) is 5.92 Å². The van der Waals surface area contributed by atoms with Crippen molar-refractivity contribution in [2.45, 2.75) is 45.7 Å². The highest BCUT2D eigenvalue weighted by atomic mass is 16.1. The Morgan fingerprint density at radius 2 is 2.31 bits per heavy atom. The van der Waals surface area contributed by atoms with Crippen LogP contribution in [0.15, 0.2) is 10.9 Å². The van der Waals surface area contributed by atoms with Gasteiger partial charge in [0.05, 0.1) is 5.69 Å². The van der Waals surface area contributed by atoms with Crippen molar-refractivity contribution < 1.29 is 0 Å². The number of aromatic amines is 1. The number of hydrogen-bond acceptors (Lipinski definition) is 3. The van der Waals surface area contributed by atoms with Crippen LogP contribution in [0.4, 0.5) is 0 Å². The number of H-pyrrole nitrogens is 1. The lowest BCUT2D eigenvalue weighted by atomic mass is 10.1. The van der Waals surface area contributed by atoms with Gasteiger partial charge in [0, 0.05) is 25.1 Å². The zero-order valence-corrected chi connectivity index (χ0v) is 9.92. The fourth-order valence-electron chi connectivity index (χ4n) is 1.67. The Hall–Kier alpha value is -1.16. The lowest BCUT2D eigenvalue weighted by Crippen LogP contribution is -2.20. The van der Waals surface area contributed by atoms with Crippen LogP contribution in [-0.4, -0.2) is 16.0 Å². The van der Waals surface area contributed by atoms with E-state index in [1.54, 1.807) is 6.07 Å². The molecule has 0 bridgehead atoms. The average molecular weight is 221 g/mol. The van der Waals surface area contributed by atoms with Crippen LogP contribution in [0.1, 0.15) is 38.2 Å². The molecule has 4 heteroatoms. The first kappa shape index (κ1) is 11.3. The Labute approximate surface area is 95.5 Å². The van der Waals surface area contributed by atoms with Crippen molar-refractivity contribution >= 4 is 0 Å². The van der Waals surface area contributed by atoms with Crippen molar-refractivity contribution in [1.82, 2.24) is 15.3 Å². The second-order valence-electron chi connectivity index (χ2n) is 4.94. The maximum atomic E-state index is 11.4. The van der Waals surface area contributed by atoms with Crippen molar-refractivity contribution in [3.63, 3.8) is 0 Å². The first-order valence-electron chi connectivity index (χ1n) is 5.96. The second-order valence-corrected chi connectivity index (χ2v) is 4.94. The third kappa shape index (κ3) is 3.45. The molecule has 1 aliphatic carbocycles. The van der Waals surface area contributed by atoms with Crippen molar-refractivity contribution in [3.05, 3.63) is 27.9 Å². The Morgan fingerprint density at radius 1 is 1.56 bits per heavy atom. The van der Waals surface area contributed by atoms with Crippen molar-refractivity contribution in [1.29, 1.82) is 0 Å². The normalized spacial score (nSPS) is 15.7. The third-order valence-electron chi connectivity index (χ3n) is 2.59. The first-order valence-corrected chi connectivity index (χ1v) is 5.96.